The first kappa shape index (κ1) is 15.4. The van der Waals surface area contributed by atoms with Gasteiger partial charge in [0.15, 0.2) is 0 Å². The molecule has 1 N–H and O–H groups in total. The molecule has 2 rings (SSSR count). The summed E-state index contributed by atoms with van der Waals surface area (Å²) >= 11 is 0. The highest BCUT2D eigenvalue weighted by Gasteiger charge is 2.05. The standard InChI is InChI=1S/C17H22FN3/c1-13(2)20-11-16-10-17(7-8-19-16)21(3)12-14-5-4-6-15(18)9-14/h4-10,13,20H,11-12H2,1-3H3. The molecular formula is C17H22FN3. The van der Waals surface area contributed by atoms with Gasteiger partial charge in [0.05, 0.1) is 5.69 Å². The second-order valence-electron chi connectivity index (χ2n) is 5.53. The summed E-state index contributed by atoms with van der Waals surface area (Å²) in [5, 5.41) is 3.35. The van der Waals surface area contributed by atoms with Gasteiger partial charge in [0.2, 0.25) is 0 Å². The molecule has 0 radical (unpaired) electrons. The van der Waals surface area contributed by atoms with Crippen LogP contribution in [-0.4, -0.2) is 18.1 Å². The molecule has 0 saturated heterocycles. The summed E-state index contributed by atoms with van der Waals surface area (Å²) in [4.78, 5) is 6.46. The summed E-state index contributed by atoms with van der Waals surface area (Å²) in [5.41, 5.74) is 3.04. The van der Waals surface area contributed by atoms with Crippen molar-refractivity contribution in [1.82, 2.24) is 10.3 Å². The number of nitrogens with zero attached hydrogens (tertiary/aromatic N) is 2. The lowest BCUT2D eigenvalue weighted by Crippen LogP contribution is -2.23. The summed E-state index contributed by atoms with van der Waals surface area (Å²) in [5.74, 6) is -0.197. The van der Waals surface area contributed by atoms with Gasteiger partial charge >= 0.3 is 0 Å². The van der Waals surface area contributed by atoms with Gasteiger partial charge in [-0.3, -0.25) is 4.98 Å². The minimum Gasteiger partial charge on any atom is -0.370 e. The number of hydrogen-bond acceptors (Lipinski definition) is 3. The zero-order valence-corrected chi connectivity index (χ0v) is 12.8. The van der Waals surface area contributed by atoms with E-state index >= 15 is 0 Å². The van der Waals surface area contributed by atoms with Crippen LogP contribution in [-0.2, 0) is 13.1 Å². The lowest BCUT2D eigenvalue weighted by atomic mass is 10.2. The number of benzene rings is 1. The van der Waals surface area contributed by atoms with Crippen LogP contribution in [0.25, 0.3) is 0 Å². The molecule has 1 aromatic carbocycles. The highest BCUT2D eigenvalue weighted by atomic mass is 19.1. The molecule has 1 aromatic heterocycles. The largest absolute Gasteiger partial charge is 0.370 e. The van der Waals surface area contributed by atoms with E-state index in [9.17, 15) is 4.39 Å². The fourth-order valence-electron chi connectivity index (χ4n) is 2.11. The zero-order chi connectivity index (χ0) is 15.2. The molecule has 0 spiro atoms. The van der Waals surface area contributed by atoms with Crippen molar-refractivity contribution in [2.45, 2.75) is 33.0 Å². The predicted octanol–water partition coefficient (Wildman–Crippen LogP) is 3.36. The Labute approximate surface area is 125 Å². The van der Waals surface area contributed by atoms with E-state index in [4.69, 9.17) is 0 Å². The van der Waals surface area contributed by atoms with E-state index in [1.165, 1.54) is 6.07 Å². The van der Waals surface area contributed by atoms with Crippen LogP contribution in [0.4, 0.5) is 10.1 Å². The smallest absolute Gasteiger partial charge is 0.123 e. The van der Waals surface area contributed by atoms with Crippen LogP contribution < -0.4 is 10.2 Å². The average Bonchev–Trinajstić information content (AvgIpc) is 2.45. The Balaban J connectivity index is 2.05. The van der Waals surface area contributed by atoms with Crippen LogP contribution in [0.5, 0.6) is 0 Å². The number of pyridine rings is 1. The van der Waals surface area contributed by atoms with E-state index in [-0.39, 0.29) is 5.82 Å². The molecule has 2 aromatic rings. The Hall–Kier alpha value is -1.94. The normalized spacial score (nSPS) is 10.9. The molecule has 112 valence electrons. The first-order valence-electron chi connectivity index (χ1n) is 7.18. The monoisotopic (exact) mass is 287 g/mol. The third kappa shape index (κ3) is 4.83. The van der Waals surface area contributed by atoms with Crippen LogP contribution in [0.15, 0.2) is 42.6 Å². The molecule has 3 nitrogen and oxygen atoms in total. The summed E-state index contributed by atoms with van der Waals surface area (Å²) in [7, 11) is 2.00. The molecule has 0 fully saturated rings. The highest BCUT2D eigenvalue weighted by Crippen LogP contribution is 2.16. The van der Waals surface area contributed by atoms with Gasteiger partial charge in [-0.15, -0.1) is 0 Å². The number of anilines is 1. The van der Waals surface area contributed by atoms with Gasteiger partial charge in [0.1, 0.15) is 5.82 Å². The van der Waals surface area contributed by atoms with Crippen molar-refractivity contribution >= 4 is 5.69 Å². The molecule has 4 heteroatoms. The lowest BCUT2D eigenvalue weighted by Gasteiger charge is -2.20. The first-order valence-corrected chi connectivity index (χ1v) is 7.18. The number of nitrogens with one attached hydrogen (secondary N) is 1. The minimum absolute atomic E-state index is 0.197. The molecule has 0 amide bonds. The van der Waals surface area contributed by atoms with E-state index in [1.807, 2.05) is 25.4 Å². The average molecular weight is 287 g/mol. The maximum absolute atomic E-state index is 13.2. The SMILES string of the molecule is CC(C)NCc1cc(N(C)Cc2cccc(F)c2)ccn1. The quantitative estimate of drug-likeness (QED) is 0.883. The lowest BCUT2D eigenvalue weighted by molar-refractivity contribution is 0.581. The maximum Gasteiger partial charge on any atom is 0.123 e. The Kier molecular flexibility index (Phi) is 5.28. The molecule has 0 aliphatic carbocycles. The number of rotatable bonds is 6. The zero-order valence-electron chi connectivity index (χ0n) is 12.8. The molecule has 0 aliphatic rings. The maximum atomic E-state index is 13.2. The van der Waals surface area contributed by atoms with Crippen LogP contribution in [0, 0.1) is 5.82 Å². The van der Waals surface area contributed by atoms with Gasteiger partial charge in [0, 0.05) is 38.1 Å². The second kappa shape index (κ2) is 7.18. The molecule has 0 saturated carbocycles. The van der Waals surface area contributed by atoms with Crippen molar-refractivity contribution in [3.8, 4) is 0 Å². The highest BCUT2D eigenvalue weighted by molar-refractivity contribution is 5.46. The molecule has 0 aliphatic heterocycles. The van der Waals surface area contributed by atoms with Crippen LogP contribution in [0.3, 0.4) is 0 Å². The second-order valence-corrected chi connectivity index (χ2v) is 5.53. The minimum atomic E-state index is -0.197. The summed E-state index contributed by atoms with van der Waals surface area (Å²) < 4.78 is 13.2. The molecule has 1 heterocycles. The van der Waals surface area contributed by atoms with Crippen LogP contribution >= 0.6 is 0 Å². The third-order valence-corrected chi connectivity index (χ3v) is 3.24. The van der Waals surface area contributed by atoms with E-state index in [1.54, 1.807) is 12.1 Å². The number of halogens is 1. The van der Waals surface area contributed by atoms with Crippen molar-refractivity contribution in [3.05, 3.63) is 59.7 Å². The fraction of sp³-hybridized carbons (Fsp3) is 0.353. The van der Waals surface area contributed by atoms with E-state index in [0.717, 1.165) is 23.5 Å². The molecule has 0 unspecified atom stereocenters. The molecular weight excluding hydrogens is 265 g/mol. The van der Waals surface area contributed by atoms with Gasteiger partial charge < -0.3 is 10.2 Å². The van der Waals surface area contributed by atoms with E-state index in [2.05, 4.69) is 35.1 Å². The molecule has 0 bridgehead atoms. The van der Waals surface area contributed by atoms with Crippen molar-refractivity contribution in [2.24, 2.45) is 0 Å². The van der Waals surface area contributed by atoms with E-state index < -0.39 is 0 Å². The van der Waals surface area contributed by atoms with Crippen LogP contribution in [0.1, 0.15) is 25.1 Å². The van der Waals surface area contributed by atoms with Gasteiger partial charge in [-0.2, -0.15) is 0 Å². The van der Waals surface area contributed by atoms with Gasteiger partial charge in [-0.05, 0) is 29.8 Å². The summed E-state index contributed by atoms with van der Waals surface area (Å²) in [6, 6.07) is 11.2. The van der Waals surface area contributed by atoms with Crippen molar-refractivity contribution in [1.29, 1.82) is 0 Å². The first-order chi connectivity index (χ1) is 10.0. The molecule has 0 atom stereocenters. The van der Waals surface area contributed by atoms with Gasteiger partial charge in [-0.1, -0.05) is 26.0 Å². The third-order valence-electron chi connectivity index (χ3n) is 3.24. The Bertz CT molecular complexity index is 584. The number of hydrogen-bond donors (Lipinski definition) is 1. The van der Waals surface area contributed by atoms with E-state index in [0.29, 0.717) is 12.6 Å². The Morgan fingerprint density at radius 2 is 2.05 bits per heavy atom. The van der Waals surface area contributed by atoms with Gasteiger partial charge in [-0.25, -0.2) is 4.39 Å². The Morgan fingerprint density at radius 3 is 2.76 bits per heavy atom. The van der Waals surface area contributed by atoms with Crippen molar-refractivity contribution < 1.29 is 4.39 Å². The van der Waals surface area contributed by atoms with Crippen molar-refractivity contribution in [3.63, 3.8) is 0 Å². The van der Waals surface area contributed by atoms with Crippen LogP contribution in [0.2, 0.25) is 0 Å². The summed E-state index contributed by atoms with van der Waals surface area (Å²) in [6.07, 6.45) is 1.81. The molecule has 21 heavy (non-hydrogen) atoms. The fourth-order valence-corrected chi connectivity index (χ4v) is 2.11. The topological polar surface area (TPSA) is 28.2 Å². The number of aromatic nitrogens is 1. The predicted molar refractivity (Wildman–Crippen MR) is 84.7 cm³/mol. The Morgan fingerprint density at radius 1 is 1.24 bits per heavy atom. The van der Waals surface area contributed by atoms with Crippen molar-refractivity contribution in [2.75, 3.05) is 11.9 Å². The summed E-state index contributed by atoms with van der Waals surface area (Å²) in [6.45, 7) is 5.64. The van der Waals surface area contributed by atoms with Gasteiger partial charge in [0.25, 0.3) is 0 Å².